The van der Waals surface area contributed by atoms with Gasteiger partial charge >= 0.3 is 17.9 Å². The molecular weight excluding hydrogens is 468 g/mol. The largest absolute Gasteiger partial charge is 0.463 e. The maximum Gasteiger partial charge on any atom is 0.335 e. The molecule has 8 atom stereocenters. The summed E-state index contributed by atoms with van der Waals surface area (Å²) >= 11 is 0. The smallest absolute Gasteiger partial charge is 0.335 e. The molecule has 0 unspecified atom stereocenters. The van der Waals surface area contributed by atoms with Gasteiger partial charge in [-0.15, -0.1) is 0 Å². The number of carbonyl (C=O) groups excluding carboxylic acids is 3. The summed E-state index contributed by atoms with van der Waals surface area (Å²) < 4.78 is 29.6. The molecule has 0 amide bonds. The van der Waals surface area contributed by atoms with Gasteiger partial charge < -0.3 is 28.8 Å². The summed E-state index contributed by atoms with van der Waals surface area (Å²) in [6.07, 6.45) is 7.11. The third kappa shape index (κ3) is 3.83. The van der Waals surface area contributed by atoms with Gasteiger partial charge in [0.2, 0.25) is 0 Å². The molecule has 36 heavy (non-hydrogen) atoms. The van der Waals surface area contributed by atoms with Gasteiger partial charge in [0, 0.05) is 24.0 Å². The Kier molecular flexibility index (Phi) is 6.37. The minimum absolute atomic E-state index is 0.00000344. The number of rotatable bonds is 0. The molecule has 1 N–H and O–H groups in total. The minimum Gasteiger partial charge on any atom is -0.463 e. The zero-order valence-electron chi connectivity index (χ0n) is 20.9. The highest BCUT2D eigenvalue weighted by Gasteiger charge is 2.83. The van der Waals surface area contributed by atoms with Gasteiger partial charge in [-0.2, -0.15) is 0 Å². The first-order valence-corrected chi connectivity index (χ1v) is 12.7. The van der Waals surface area contributed by atoms with Crippen LogP contribution in [0.3, 0.4) is 0 Å². The number of hydrogen-bond acceptors (Lipinski definition) is 9. The summed E-state index contributed by atoms with van der Waals surface area (Å²) in [6.45, 7) is 6.34. The molecular formula is C27H34O9. The standard InChI is InChI=1S/C27H34O9/c1-16-8-10-26-14-33-24(31)23(30)17(2)9-11-32-21(28)6-4-5-7-22(29)36-18-13-20(35-19(26)12-16)27(15-34-27)25(18,26)3/h4-7,12,17-20,23,30H,8-11,13-15H2,1-3H3/t17-,18-,19-,20+,23+,25+,26-,27+/m1/s1. The minimum atomic E-state index is -1.37. The summed E-state index contributed by atoms with van der Waals surface area (Å²) in [6, 6.07) is 0. The monoisotopic (exact) mass is 502 g/mol. The number of ether oxygens (including phenoxy) is 5. The summed E-state index contributed by atoms with van der Waals surface area (Å²) in [4.78, 5) is 37.6. The van der Waals surface area contributed by atoms with Gasteiger partial charge in [-0.05, 0) is 32.1 Å². The summed E-state index contributed by atoms with van der Waals surface area (Å²) in [5.41, 5.74) is -0.820. The van der Waals surface area contributed by atoms with E-state index >= 15 is 0 Å². The average Bonchev–Trinajstić information content (AvgIpc) is 3.62. The highest BCUT2D eigenvalue weighted by molar-refractivity contribution is 5.84. The zero-order chi connectivity index (χ0) is 25.7. The van der Waals surface area contributed by atoms with Crippen LogP contribution in [0.15, 0.2) is 36.0 Å². The number of epoxide rings is 1. The second-order valence-electron chi connectivity index (χ2n) is 11.0. The van der Waals surface area contributed by atoms with Crippen molar-refractivity contribution in [3.05, 3.63) is 36.0 Å². The Hall–Kier alpha value is -2.49. The van der Waals surface area contributed by atoms with Crippen molar-refractivity contribution >= 4 is 17.9 Å². The van der Waals surface area contributed by atoms with Crippen LogP contribution < -0.4 is 0 Å². The fourth-order valence-corrected chi connectivity index (χ4v) is 6.65. The molecule has 3 aliphatic heterocycles. The molecule has 0 aromatic rings. The van der Waals surface area contributed by atoms with E-state index in [1.807, 2.05) is 0 Å². The topological polar surface area (TPSA) is 121 Å². The molecule has 2 aliphatic carbocycles. The van der Waals surface area contributed by atoms with Gasteiger partial charge in [0.25, 0.3) is 0 Å². The zero-order valence-corrected chi connectivity index (χ0v) is 20.9. The van der Waals surface area contributed by atoms with E-state index in [1.165, 1.54) is 29.9 Å². The quantitative estimate of drug-likeness (QED) is 0.230. The molecule has 5 aliphatic rings. The van der Waals surface area contributed by atoms with Gasteiger partial charge in [-0.1, -0.05) is 37.6 Å². The van der Waals surface area contributed by atoms with Gasteiger partial charge in [0.1, 0.15) is 18.3 Å². The SMILES string of the molecule is CC1=C[C@H]2O[C@H]3C[C@H]4OC(=O)C=CC=CC(=O)OCC[C@@H](C)[C@H](O)C(=O)OC[C@@]2(CC1)[C@@]4(C)[C@]31CO1. The molecule has 3 heterocycles. The number of cyclic esters (lactones) is 2. The Morgan fingerprint density at radius 1 is 1.03 bits per heavy atom. The summed E-state index contributed by atoms with van der Waals surface area (Å²) in [5, 5.41) is 10.6. The first-order chi connectivity index (χ1) is 17.1. The molecule has 9 nitrogen and oxygen atoms in total. The molecule has 9 heteroatoms. The lowest BCUT2D eigenvalue weighted by Crippen LogP contribution is -2.66. The summed E-state index contributed by atoms with van der Waals surface area (Å²) in [7, 11) is 0. The van der Waals surface area contributed by atoms with E-state index in [4.69, 9.17) is 23.7 Å². The van der Waals surface area contributed by atoms with Crippen LogP contribution in [0, 0.1) is 16.7 Å². The van der Waals surface area contributed by atoms with Gasteiger partial charge in [-0.3, -0.25) is 0 Å². The predicted octanol–water partition coefficient (Wildman–Crippen LogP) is 2.17. The lowest BCUT2D eigenvalue weighted by atomic mass is 9.51. The van der Waals surface area contributed by atoms with Crippen molar-refractivity contribution in [2.45, 2.75) is 76.5 Å². The molecule has 2 spiro atoms. The van der Waals surface area contributed by atoms with Crippen LogP contribution in [0.1, 0.15) is 46.5 Å². The first kappa shape index (κ1) is 25.2. The molecule has 196 valence electrons. The molecule has 2 bridgehead atoms. The van der Waals surface area contributed by atoms with E-state index in [9.17, 15) is 19.5 Å². The van der Waals surface area contributed by atoms with Gasteiger partial charge in [-0.25, -0.2) is 14.4 Å². The van der Waals surface area contributed by atoms with Crippen LogP contribution in [0.25, 0.3) is 0 Å². The van der Waals surface area contributed by atoms with E-state index in [1.54, 1.807) is 6.92 Å². The molecule has 0 radical (unpaired) electrons. The Morgan fingerprint density at radius 2 is 1.75 bits per heavy atom. The maximum atomic E-state index is 12.9. The molecule has 3 fully saturated rings. The third-order valence-corrected chi connectivity index (χ3v) is 9.12. The van der Waals surface area contributed by atoms with Crippen molar-refractivity contribution in [2.24, 2.45) is 16.7 Å². The highest BCUT2D eigenvalue weighted by Crippen LogP contribution is 2.72. The number of allylic oxidation sites excluding steroid dienone is 3. The van der Waals surface area contributed by atoms with Crippen molar-refractivity contribution in [3.8, 4) is 0 Å². The van der Waals surface area contributed by atoms with Crippen molar-refractivity contribution in [1.29, 1.82) is 0 Å². The average molecular weight is 503 g/mol. The first-order valence-electron chi connectivity index (χ1n) is 12.7. The van der Waals surface area contributed by atoms with Crippen LogP contribution in [0.4, 0.5) is 0 Å². The number of esters is 3. The van der Waals surface area contributed by atoms with Crippen molar-refractivity contribution in [1.82, 2.24) is 0 Å². The van der Waals surface area contributed by atoms with Gasteiger partial charge in [0.15, 0.2) is 6.10 Å². The number of aliphatic hydroxyl groups is 1. The second kappa shape index (κ2) is 9.11. The fraction of sp³-hybridized carbons (Fsp3) is 0.667. The Balaban J connectivity index is 1.52. The van der Waals surface area contributed by atoms with Crippen molar-refractivity contribution < 1.29 is 43.2 Å². The Labute approximate surface area is 210 Å². The molecule has 2 saturated heterocycles. The second-order valence-corrected chi connectivity index (χ2v) is 11.0. The highest BCUT2D eigenvalue weighted by atomic mass is 16.6. The van der Waals surface area contributed by atoms with Crippen LogP contribution in [0.2, 0.25) is 0 Å². The number of aliphatic hydroxyl groups excluding tert-OH is 1. The molecule has 0 aromatic heterocycles. The molecule has 0 aromatic carbocycles. The lowest BCUT2D eigenvalue weighted by Gasteiger charge is -2.58. The lowest BCUT2D eigenvalue weighted by molar-refractivity contribution is -0.234. The summed E-state index contributed by atoms with van der Waals surface area (Å²) in [5.74, 6) is -2.34. The van der Waals surface area contributed by atoms with Crippen LogP contribution in [0.5, 0.6) is 0 Å². The van der Waals surface area contributed by atoms with Crippen molar-refractivity contribution in [2.75, 3.05) is 19.8 Å². The fourth-order valence-electron chi connectivity index (χ4n) is 6.65. The number of hydrogen-bond donors (Lipinski definition) is 1. The van der Waals surface area contributed by atoms with Crippen molar-refractivity contribution in [3.63, 3.8) is 0 Å². The van der Waals surface area contributed by atoms with E-state index in [-0.39, 0.29) is 31.8 Å². The maximum absolute atomic E-state index is 12.9. The van der Waals surface area contributed by atoms with E-state index in [2.05, 4.69) is 19.9 Å². The predicted molar refractivity (Wildman–Crippen MR) is 125 cm³/mol. The van der Waals surface area contributed by atoms with Gasteiger partial charge in [0.05, 0.1) is 30.8 Å². The Bertz CT molecular complexity index is 1020. The normalized spacial score (nSPS) is 45.1. The molecule has 5 rings (SSSR count). The number of carbonyl (C=O) groups is 3. The van der Waals surface area contributed by atoms with Crippen LogP contribution >= 0.6 is 0 Å². The Morgan fingerprint density at radius 3 is 2.47 bits per heavy atom. The van der Waals surface area contributed by atoms with E-state index in [0.29, 0.717) is 19.4 Å². The van der Waals surface area contributed by atoms with E-state index < -0.39 is 52.5 Å². The van der Waals surface area contributed by atoms with E-state index in [0.717, 1.165) is 6.42 Å². The molecule has 1 saturated carbocycles. The van der Waals surface area contributed by atoms with Crippen LogP contribution in [-0.2, 0) is 38.1 Å². The third-order valence-electron chi connectivity index (χ3n) is 9.12. The van der Waals surface area contributed by atoms with Crippen LogP contribution in [-0.4, -0.2) is 72.9 Å².